The average Bonchev–Trinajstić information content (AvgIpc) is 1.91. The van der Waals surface area contributed by atoms with E-state index in [0.717, 1.165) is 0 Å². The van der Waals surface area contributed by atoms with Crippen molar-refractivity contribution in [2.75, 3.05) is 11.6 Å². The number of hydrogen-bond acceptors (Lipinski definition) is 3. The van der Waals surface area contributed by atoms with Gasteiger partial charge in [0.1, 0.15) is 0 Å². The van der Waals surface area contributed by atoms with Crippen molar-refractivity contribution in [1.82, 2.24) is 9.66 Å². The van der Waals surface area contributed by atoms with Crippen LogP contribution in [0.1, 0.15) is 0 Å². The Morgan fingerprint density at radius 2 is 2.43 bits per heavy atom. The van der Waals surface area contributed by atoms with Crippen molar-refractivity contribution in [2.45, 2.75) is 0 Å². The van der Waals surface area contributed by atoms with Gasteiger partial charge in [-0.3, -0.25) is 0 Å². The van der Waals surface area contributed by atoms with E-state index in [1.165, 1.54) is 10.9 Å². The molecule has 0 bridgehead atoms. The zero-order valence-electron chi connectivity index (χ0n) is 3.70. The van der Waals surface area contributed by atoms with Crippen molar-refractivity contribution < 1.29 is 0 Å². The van der Waals surface area contributed by atoms with Crippen molar-refractivity contribution >= 4 is 5.95 Å². The van der Waals surface area contributed by atoms with Gasteiger partial charge in [-0.25, -0.2) is 9.66 Å². The highest BCUT2D eigenvalue weighted by Gasteiger charge is 1.85. The highest BCUT2D eigenvalue weighted by atomic mass is 15.3. The first-order chi connectivity index (χ1) is 3.30. The first-order valence-corrected chi connectivity index (χ1v) is 1.84. The Bertz CT molecular complexity index is 139. The third-order valence-corrected chi connectivity index (χ3v) is 0.699. The molecule has 0 saturated carbocycles. The first-order valence-electron chi connectivity index (χ1n) is 1.84. The molecule has 0 spiro atoms. The quantitative estimate of drug-likeness (QED) is 0.416. The molecule has 4 N–H and O–H groups in total. The minimum Gasteiger partial charge on any atom is -0.368 e. The maximum absolute atomic E-state index is 5.17. The van der Waals surface area contributed by atoms with E-state index in [1.807, 2.05) is 0 Å². The van der Waals surface area contributed by atoms with Crippen LogP contribution in [0, 0.1) is 0 Å². The molecule has 1 heterocycles. The number of hydrogen-bond donors (Lipinski definition) is 2. The first kappa shape index (κ1) is 3.98. The number of nitrogens with two attached hydrogens (primary N) is 2. The van der Waals surface area contributed by atoms with Crippen LogP contribution in [-0.2, 0) is 0 Å². The van der Waals surface area contributed by atoms with Gasteiger partial charge in [-0.15, -0.1) is 0 Å². The van der Waals surface area contributed by atoms with Gasteiger partial charge in [0.05, 0.1) is 0 Å². The number of aromatic nitrogens is 2. The lowest BCUT2D eigenvalue weighted by molar-refractivity contribution is 1.02. The highest BCUT2D eigenvalue weighted by molar-refractivity contribution is 5.15. The molecule has 0 fully saturated rings. The Balaban J connectivity index is 3.12. The summed E-state index contributed by atoms with van der Waals surface area (Å²) in [7, 11) is 0. The molecule has 7 heavy (non-hydrogen) atoms. The lowest BCUT2D eigenvalue weighted by Crippen LogP contribution is -2.09. The summed E-state index contributed by atoms with van der Waals surface area (Å²) in [6.45, 7) is 0. The van der Waals surface area contributed by atoms with E-state index < -0.39 is 0 Å². The molecule has 1 aromatic heterocycles. The molecule has 4 heteroatoms. The monoisotopic (exact) mass is 98.1 g/mol. The maximum atomic E-state index is 5.17. The predicted molar refractivity (Wildman–Crippen MR) is 26.8 cm³/mol. The van der Waals surface area contributed by atoms with Crippen molar-refractivity contribution in [1.29, 1.82) is 0 Å². The normalized spacial score (nSPS) is 9.14. The second-order valence-corrected chi connectivity index (χ2v) is 1.19. The van der Waals surface area contributed by atoms with Crippen LogP contribution in [0.15, 0.2) is 12.4 Å². The van der Waals surface area contributed by atoms with Crippen LogP contribution in [0.4, 0.5) is 5.95 Å². The molecule has 0 saturated heterocycles. The topological polar surface area (TPSA) is 69.9 Å². The van der Waals surface area contributed by atoms with Crippen LogP contribution < -0.4 is 11.6 Å². The van der Waals surface area contributed by atoms with Gasteiger partial charge in [-0.05, 0) is 0 Å². The van der Waals surface area contributed by atoms with E-state index in [4.69, 9.17) is 11.6 Å². The molecule has 4 nitrogen and oxygen atoms in total. The molecule has 0 atom stereocenters. The van der Waals surface area contributed by atoms with E-state index in [0.29, 0.717) is 5.95 Å². The van der Waals surface area contributed by atoms with Crippen LogP contribution in [0.5, 0.6) is 0 Å². The maximum Gasteiger partial charge on any atom is 0.218 e. The Morgan fingerprint density at radius 3 is 2.57 bits per heavy atom. The van der Waals surface area contributed by atoms with Gasteiger partial charge in [0.2, 0.25) is 5.95 Å². The van der Waals surface area contributed by atoms with Crippen LogP contribution in [0.25, 0.3) is 0 Å². The van der Waals surface area contributed by atoms with E-state index in [9.17, 15) is 0 Å². The molecular weight excluding hydrogens is 92.1 g/mol. The van der Waals surface area contributed by atoms with Crippen molar-refractivity contribution in [3.05, 3.63) is 12.4 Å². The number of imidazole rings is 1. The van der Waals surface area contributed by atoms with Crippen LogP contribution in [0.3, 0.4) is 0 Å². The SMILES string of the molecule is Nc1nccn1N. The van der Waals surface area contributed by atoms with Crippen molar-refractivity contribution in [3.8, 4) is 0 Å². The minimum atomic E-state index is 0.333. The molecule has 0 radical (unpaired) electrons. The van der Waals surface area contributed by atoms with Crippen molar-refractivity contribution in [2.24, 2.45) is 0 Å². The fourth-order valence-electron chi connectivity index (χ4n) is 0.325. The summed E-state index contributed by atoms with van der Waals surface area (Å²) in [5.41, 5.74) is 5.17. The molecule has 0 aliphatic carbocycles. The smallest absolute Gasteiger partial charge is 0.218 e. The molecule has 0 amide bonds. The highest BCUT2D eigenvalue weighted by Crippen LogP contribution is 1.87. The summed E-state index contributed by atoms with van der Waals surface area (Å²) in [5.74, 6) is 5.50. The molecule has 0 aliphatic heterocycles. The zero-order valence-corrected chi connectivity index (χ0v) is 3.70. The zero-order chi connectivity index (χ0) is 5.28. The third kappa shape index (κ3) is 0.489. The fourth-order valence-corrected chi connectivity index (χ4v) is 0.325. The van der Waals surface area contributed by atoms with Crippen LogP contribution in [0.2, 0.25) is 0 Å². The Labute approximate surface area is 40.7 Å². The molecule has 0 unspecified atom stereocenters. The van der Waals surface area contributed by atoms with Gasteiger partial charge < -0.3 is 11.6 Å². The minimum absolute atomic E-state index is 0.333. The molecule has 0 aliphatic rings. The second kappa shape index (κ2) is 1.14. The van der Waals surface area contributed by atoms with Gasteiger partial charge in [0, 0.05) is 12.4 Å². The lowest BCUT2D eigenvalue weighted by Gasteiger charge is -1.88. The van der Waals surface area contributed by atoms with Crippen molar-refractivity contribution in [3.63, 3.8) is 0 Å². The summed E-state index contributed by atoms with van der Waals surface area (Å²) < 4.78 is 1.25. The van der Waals surface area contributed by atoms with Gasteiger partial charge in [0.15, 0.2) is 0 Å². The van der Waals surface area contributed by atoms with E-state index >= 15 is 0 Å². The van der Waals surface area contributed by atoms with Crippen LogP contribution in [-0.4, -0.2) is 9.66 Å². The van der Waals surface area contributed by atoms with Gasteiger partial charge in [0.25, 0.3) is 0 Å². The number of anilines is 1. The molecular formula is C3H6N4. The molecule has 1 aromatic rings. The van der Waals surface area contributed by atoms with Gasteiger partial charge >= 0.3 is 0 Å². The summed E-state index contributed by atoms with van der Waals surface area (Å²) in [4.78, 5) is 3.63. The third-order valence-electron chi connectivity index (χ3n) is 0.699. The van der Waals surface area contributed by atoms with Crippen LogP contribution >= 0.6 is 0 Å². The fraction of sp³-hybridized carbons (Fsp3) is 0. The average molecular weight is 98.1 g/mol. The van der Waals surface area contributed by atoms with E-state index in [-0.39, 0.29) is 0 Å². The summed E-state index contributed by atoms with van der Waals surface area (Å²) >= 11 is 0. The lowest BCUT2D eigenvalue weighted by atomic mass is 11.0. The Morgan fingerprint density at radius 1 is 1.71 bits per heavy atom. The largest absolute Gasteiger partial charge is 0.368 e. The van der Waals surface area contributed by atoms with E-state index in [2.05, 4.69) is 4.98 Å². The summed E-state index contributed by atoms with van der Waals surface area (Å²) in [6.07, 6.45) is 3.12. The summed E-state index contributed by atoms with van der Waals surface area (Å²) in [5, 5.41) is 0. The molecule has 38 valence electrons. The Kier molecular flexibility index (Phi) is 0.651. The number of rotatable bonds is 0. The van der Waals surface area contributed by atoms with Gasteiger partial charge in [-0.1, -0.05) is 0 Å². The predicted octanol–water partition coefficient (Wildman–Crippen LogP) is -0.821. The molecule has 1 rings (SSSR count). The Hall–Kier alpha value is -1.19. The number of nitrogen functional groups attached to an aromatic ring is 2. The second-order valence-electron chi connectivity index (χ2n) is 1.19. The van der Waals surface area contributed by atoms with Gasteiger partial charge in [-0.2, -0.15) is 0 Å². The standard InChI is InChI=1S/C3H6N4/c4-3-6-1-2-7(3)5/h1-2H,5H2,(H2,4,6). The van der Waals surface area contributed by atoms with E-state index in [1.54, 1.807) is 6.20 Å². The number of nitrogens with zero attached hydrogens (tertiary/aromatic N) is 2. The summed E-state index contributed by atoms with van der Waals surface area (Å²) in [6, 6.07) is 0. The molecule has 0 aromatic carbocycles.